The van der Waals surface area contributed by atoms with Crippen molar-refractivity contribution >= 4 is 0 Å². The Morgan fingerprint density at radius 1 is 1.38 bits per heavy atom. The third-order valence-electron chi connectivity index (χ3n) is 3.32. The highest BCUT2D eigenvalue weighted by molar-refractivity contribution is 5.30. The molecule has 1 saturated heterocycles. The Balaban J connectivity index is 1.96. The summed E-state index contributed by atoms with van der Waals surface area (Å²) < 4.78 is 0. The molecule has 0 spiro atoms. The van der Waals surface area contributed by atoms with Crippen LogP contribution in [-0.4, -0.2) is 29.6 Å². The minimum atomic E-state index is 0.381. The standard InChI is InChI=1S/C14H19NO/c1-2-8-15-9-6-12(7-10-15)13-4-3-5-14(16)11-13/h2-5,11-12,16H,1,6-10H2. The molecule has 86 valence electrons. The molecule has 1 aliphatic rings. The fraction of sp³-hybridized carbons (Fsp3) is 0.429. The lowest BCUT2D eigenvalue weighted by Crippen LogP contribution is -2.32. The maximum atomic E-state index is 9.46. The summed E-state index contributed by atoms with van der Waals surface area (Å²) in [5.74, 6) is 0.985. The molecule has 1 aromatic carbocycles. The molecule has 1 aliphatic heterocycles. The first-order valence-electron chi connectivity index (χ1n) is 5.92. The van der Waals surface area contributed by atoms with Crippen LogP contribution in [0.2, 0.25) is 0 Å². The Hall–Kier alpha value is -1.28. The van der Waals surface area contributed by atoms with Gasteiger partial charge in [-0.2, -0.15) is 0 Å². The van der Waals surface area contributed by atoms with Crippen LogP contribution in [0, 0.1) is 0 Å². The van der Waals surface area contributed by atoms with Crippen molar-refractivity contribution in [1.29, 1.82) is 0 Å². The van der Waals surface area contributed by atoms with E-state index in [0.29, 0.717) is 11.7 Å². The Labute approximate surface area is 97.2 Å². The summed E-state index contributed by atoms with van der Waals surface area (Å²) in [5, 5.41) is 9.46. The fourth-order valence-corrected chi connectivity index (χ4v) is 2.41. The van der Waals surface area contributed by atoms with Crippen LogP contribution in [0.3, 0.4) is 0 Å². The highest BCUT2D eigenvalue weighted by atomic mass is 16.3. The normalized spacial score (nSPS) is 18.5. The third kappa shape index (κ3) is 2.64. The summed E-state index contributed by atoms with van der Waals surface area (Å²) in [4.78, 5) is 2.42. The number of phenols is 1. The van der Waals surface area contributed by atoms with Gasteiger partial charge in [0.1, 0.15) is 5.75 Å². The molecule has 0 aromatic heterocycles. The zero-order valence-corrected chi connectivity index (χ0v) is 9.60. The molecule has 0 unspecified atom stereocenters. The van der Waals surface area contributed by atoms with E-state index in [1.807, 2.05) is 18.2 Å². The van der Waals surface area contributed by atoms with Gasteiger partial charge in [-0.1, -0.05) is 18.2 Å². The van der Waals surface area contributed by atoms with Crippen LogP contribution < -0.4 is 0 Å². The molecule has 0 aliphatic carbocycles. The van der Waals surface area contributed by atoms with E-state index in [0.717, 1.165) is 19.6 Å². The highest BCUT2D eigenvalue weighted by Gasteiger charge is 2.19. The van der Waals surface area contributed by atoms with Crippen LogP contribution >= 0.6 is 0 Å². The molecule has 2 nitrogen and oxygen atoms in total. The average Bonchev–Trinajstić information content (AvgIpc) is 2.30. The molecule has 1 aromatic rings. The number of benzene rings is 1. The van der Waals surface area contributed by atoms with Gasteiger partial charge in [-0.15, -0.1) is 6.58 Å². The lowest BCUT2D eigenvalue weighted by atomic mass is 9.89. The molecule has 0 atom stereocenters. The number of rotatable bonds is 3. The number of piperidine rings is 1. The van der Waals surface area contributed by atoms with Gasteiger partial charge in [0.25, 0.3) is 0 Å². The minimum absolute atomic E-state index is 0.381. The molecule has 2 heteroatoms. The lowest BCUT2D eigenvalue weighted by Gasteiger charge is -2.31. The van der Waals surface area contributed by atoms with Gasteiger partial charge in [0, 0.05) is 6.54 Å². The first kappa shape index (κ1) is 11.2. The Bertz CT molecular complexity index is 354. The number of aromatic hydroxyl groups is 1. The summed E-state index contributed by atoms with van der Waals surface area (Å²) in [5.41, 5.74) is 1.28. The monoisotopic (exact) mass is 217 g/mol. The molecular formula is C14H19NO. The summed E-state index contributed by atoms with van der Waals surface area (Å²) in [7, 11) is 0. The highest BCUT2D eigenvalue weighted by Crippen LogP contribution is 2.29. The number of hydrogen-bond donors (Lipinski definition) is 1. The fourth-order valence-electron chi connectivity index (χ4n) is 2.41. The van der Waals surface area contributed by atoms with Crippen LogP contribution in [0.25, 0.3) is 0 Å². The van der Waals surface area contributed by atoms with Gasteiger partial charge < -0.3 is 5.11 Å². The Morgan fingerprint density at radius 2 is 2.12 bits per heavy atom. The van der Waals surface area contributed by atoms with Crippen molar-refractivity contribution in [2.75, 3.05) is 19.6 Å². The Morgan fingerprint density at radius 3 is 2.75 bits per heavy atom. The third-order valence-corrected chi connectivity index (χ3v) is 3.32. The first-order chi connectivity index (χ1) is 7.79. The van der Waals surface area contributed by atoms with E-state index in [-0.39, 0.29) is 0 Å². The van der Waals surface area contributed by atoms with Gasteiger partial charge in [-0.25, -0.2) is 0 Å². The molecule has 0 bridgehead atoms. The smallest absolute Gasteiger partial charge is 0.115 e. The molecule has 0 radical (unpaired) electrons. The molecular weight excluding hydrogens is 198 g/mol. The second-order valence-corrected chi connectivity index (χ2v) is 4.46. The van der Waals surface area contributed by atoms with Crippen LogP contribution in [-0.2, 0) is 0 Å². The quantitative estimate of drug-likeness (QED) is 0.787. The van der Waals surface area contributed by atoms with Gasteiger partial charge in [0.05, 0.1) is 0 Å². The van der Waals surface area contributed by atoms with E-state index in [4.69, 9.17) is 0 Å². The van der Waals surface area contributed by atoms with Crippen molar-refractivity contribution in [2.45, 2.75) is 18.8 Å². The van der Waals surface area contributed by atoms with Crippen LogP contribution in [0.15, 0.2) is 36.9 Å². The second kappa shape index (κ2) is 5.17. The summed E-state index contributed by atoms with van der Waals surface area (Å²) in [6.07, 6.45) is 4.32. The van der Waals surface area contributed by atoms with Gasteiger partial charge >= 0.3 is 0 Å². The van der Waals surface area contributed by atoms with E-state index in [1.54, 1.807) is 6.07 Å². The largest absolute Gasteiger partial charge is 0.508 e. The summed E-state index contributed by atoms with van der Waals surface area (Å²) in [6.45, 7) is 7.02. The molecule has 0 saturated carbocycles. The average molecular weight is 217 g/mol. The van der Waals surface area contributed by atoms with Crippen molar-refractivity contribution < 1.29 is 5.11 Å². The van der Waals surface area contributed by atoms with Crippen LogP contribution in [0.1, 0.15) is 24.3 Å². The molecule has 2 rings (SSSR count). The van der Waals surface area contributed by atoms with E-state index >= 15 is 0 Å². The van der Waals surface area contributed by atoms with E-state index in [9.17, 15) is 5.11 Å². The topological polar surface area (TPSA) is 23.5 Å². The molecule has 1 fully saturated rings. The van der Waals surface area contributed by atoms with Crippen LogP contribution in [0.5, 0.6) is 5.75 Å². The Kier molecular flexibility index (Phi) is 3.62. The van der Waals surface area contributed by atoms with Crippen molar-refractivity contribution in [2.24, 2.45) is 0 Å². The predicted molar refractivity (Wildman–Crippen MR) is 66.7 cm³/mol. The SMILES string of the molecule is C=CCN1CCC(c2cccc(O)c2)CC1. The lowest BCUT2D eigenvalue weighted by molar-refractivity contribution is 0.232. The van der Waals surface area contributed by atoms with Gasteiger partial charge in [0.15, 0.2) is 0 Å². The summed E-state index contributed by atoms with van der Waals surface area (Å²) in [6, 6.07) is 7.68. The minimum Gasteiger partial charge on any atom is -0.508 e. The number of phenolic OH excluding ortho intramolecular Hbond substituents is 1. The van der Waals surface area contributed by atoms with Crippen molar-refractivity contribution in [3.05, 3.63) is 42.5 Å². The maximum absolute atomic E-state index is 9.46. The van der Waals surface area contributed by atoms with Crippen molar-refractivity contribution in [3.8, 4) is 5.75 Å². The van der Waals surface area contributed by atoms with E-state index in [2.05, 4.69) is 17.5 Å². The zero-order chi connectivity index (χ0) is 11.4. The van der Waals surface area contributed by atoms with Crippen LogP contribution in [0.4, 0.5) is 0 Å². The van der Waals surface area contributed by atoms with Gasteiger partial charge in [-0.05, 0) is 49.5 Å². The zero-order valence-electron chi connectivity index (χ0n) is 9.60. The maximum Gasteiger partial charge on any atom is 0.115 e. The molecule has 0 amide bonds. The van der Waals surface area contributed by atoms with Gasteiger partial charge in [-0.3, -0.25) is 4.90 Å². The number of hydrogen-bond acceptors (Lipinski definition) is 2. The predicted octanol–water partition coefficient (Wildman–Crippen LogP) is 2.76. The van der Waals surface area contributed by atoms with Crippen molar-refractivity contribution in [1.82, 2.24) is 4.90 Å². The summed E-state index contributed by atoms with van der Waals surface area (Å²) >= 11 is 0. The van der Waals surface area contributed by atoms with Gasteiger partial charge in [0.2, 0.25) is 0 Å². The van der Waals surface area contributed by atoms with Crippen molar-refractivity contribution in [3.63, 3.8) is 0 Å². The van der Waals surface area contributed by atoms with E-state index < -0.39 is 0 Å². The first-order valence-corrected chi connectivity index (χ1v) is 5.92. The second-order valence-electron chi connectivity index (χ2n) is 4.46. The molecule has 1 N–H and O–H groups in total. The van der Waals surface area contributed by atoms with E-state index in [1.165, 1.54) is 18.4 Å². The number of nitrogens with zero attached hydrogens (tertiary/aromatic N) is 1. The number of likely N-dealkylation sites (tertiary alicyclic amines) is 1. The molecule has 1 heterocycles. The molecule has 16 heavy (non-hydrogen) atoms.